The molecule has 2 aromatic carbocycles. The number of hydrogen-bond donors (Lipinski definition) is 1. The van der Waals surface area contributed by atoms with Crippen LogP contribution < -0.4 is 18.9 Å². The van der Waals surface area contributed by atoms with Crippen LogP contribution in [0.5, 0.6) is 17.2 Å². The van der Waals surface area contributed by atoms with E-state index >= 15 is 0 Å². The molecule has 0 unspecified atom stereocenters. The lowest BCUT2D eigenvalue weighted by atomic mass is 9.87. The minimum absolute atomic E-state index is 0.0344. The number of aromatic nitrogens is 3. The predicted octanol–water partition coefficient (Wildman–Crippen LogP) is 5.33. The third kappa shape index (κ3) is 5.92. The fourth-order valence-corrected chi connectivity index (χ4v) is 4.62. The average Bonchev–Trinajstić information content (AvgIpc) is 2.86. The number of halogens is 1. The Morgan fingerprint density at radius 1 is 0.946 bits per heavy atom. The van der Waals surface area contributed by atoms with Crippen LogP contribution in [0.25, 0.3) is 11.4 Å². The van der Waals surface area contributed by atoms with E-state index in [4.69, 9.17) is 21.1 Å². The van der Waals surface area contributed by atoms with E-state index < -0.39 is 10.0 Å². The molecule has 0 saturated heterocycles. The Hall–Kier alpha value is -3.89. The van der Waals surface area contributed by atoms with Gasteiger partial charge < -0.3 is 14.7 Å². The van der Waals surface area contributed by atoms with Crippen LogP contribution in [-0.4, -0.2) is 25.5 Å². The highest BCUT2D eigenvalue weighted by Crippen LogP contribution is 2.40. The zero-order chi connectivity index (χ0) is 26.8. The molecule has 4 aromatic rings. The molecule has 0 radical (unpaired) electrons. The van der Waals surface area contributed by atoms with Crippen LogP contribution in [0.2, 0.25) is 5.15 Å². The normalized spacial score (nSPS) is 11.7. The van der Waals surface area contributed by atoms with Crippen LogP contribution in [0.3, 0.4) is 0 Å². The largest absolute Gasteiger partial charge is 0.619 e. The van der Waals surface area contributed by atoms with Crippen molar-refractivity contribution < 1.29 is 22.6 Å². The van der Waals surface area contributed by atoms with Gasteiger partial charge in [-0.1, -0.05) is 56.6 Å². The second-order valence-electron chi connectivity index (χ2n) is 9.10. The van der Waals surface area contributed by atoms with E-state index in [2.05, 4.69) is 14.7 Å². The van der Waals surface area contributed by atoms with Crippen LogP contribution in [0.1, 0.15) is 26.3 Å². The van der Waals surface area contributed by atoms with E-state index in [1.807, 2.05) is 20.8 Å². The Labute approximate surface area is 220 Å². The van der Waals surface area contributed by atoms with Crippen LogP contribution in [0.4, 0.5) is 5.82 Å². The van der Waals surface area contributed by atoms with Crippen molar-refractivity contribution in [2.75, 3.05) is 11.8 Å². The molecule has 0 aliphatic carbocycles. The van der Waals surface area contributed by atoms with E-state index in [1.165, 1.54) is 43.8 Å². The Morgan fingerprint density at radius 3 is 2.16 bits per heavy atom. The zero-order valence-corrected chi connectivity index (χ0v) is 22.2. The second kappa shape index (κ2) is 10.2. The van der Waals surface area contributed by atoms with Crippen molar-refractivity contribution in [2.24, 2.45) is 0 Å². The fourth-order valence-electron chi connectivity index (χ4n) is 3.41. The molecule has 11 heteroatoms. The van der Waals surface area contributed by atoms with Gasteiger partial charge in [-0.15, -0.1) is 0 Å². The lowest BCUT2D eigenvalue weighted by Crippen LogP contribution is -2.23. The van der Waals surface area contributed by atoms with Gasteiger partial charge >= 0.3 is 0 Å². The molecule has 37 heavy (non-hydrogen) atoms. The highest BCUT2D eigenvalue weighted by molar-refractivity contribution is 7.92. The van der Waals surface area contributed by atoms with Crippen molar-refractivity contribution in [1.29, 1.82) is 0 Å². The Kier molecular flexibility index (Phi) is 7.24. The molecule has 1 N–H and O–H groups in total. The first-order valence-electron chi connectivity index (χ1n) is 11.2. The Morgan fingerprint density at radius 2 is 1.57 bits per heavy atom. The van der Waals surface area contributed by atoms with Crippen LogP contribution in [0.15, 0.2) is 78.0 Å². The minimum atomic E-state index is -4.09. The fraction of sp³-hybridized carbons (Fsp3) is 0.192. The molecule has 192 valence electrons. The molecular formula is C26H25ClN4O5S. The van der Waals surface area contributed by atoms with Crippen molar-refractivity contribution in [1.82, 2.24) is 9.97 Å². The third-order valence-electron chi connectivity index (χ3n) is 5.43. The number of nitrogens with zero attached hydrogens (tertiary/aromatic N) is 3. The van der Waals surface area contributed by atoms with Gasteiger partial charge in [0, 0.05) is 17.7 Å². The summed E-state index contributed by atoms with van der Waals surface area (Å²) in [5.74, 6) is 0.487. The average molecular weight is 541 g/mol. The number of rotatable bonds is 7. The molecule has 2 heterocycles. The van der Waals surface area contributed by atoms with Crippen molar-refractivity contribution in [3.63, 3.8) is 0 Å². The molecule has 0 spiro atoms. The number of hydrogen-bond acceptors (Lipinski definition) is 7. The lowest BCUT2D eigenvalue weighted by Gasteiger charge is -2.19. The van der Waals surface area contributed by atoms with E-state index in [1.54, 1.807) is 36.4 Å². The molecular weight excluding hydrogens is 516 g/mol. The summed E-state index contributed by atoms with van der Waals surface area (Å²) in [6.07, 6.45) is 2.54. The summed E-state index contributed by atoms with van der Waals surface area (Å²) in [5.41, 5.74) is 1.30. The highest BCUT2D eigenvalue weighted by Gasteiger charge is 2.24. The molecule has 2 aromatic heterocycles. The Balaban J connectivity index is 1.80. The number of nitrogens with one attached hydrogen (secondary N) is 1. The Bertz CT molecular complexity index is 1520. The van der Waals surface area contributed by atoms with Crippen molar-refractivity contribution in [3.8, 4) is 28.6 Å². The first-order valence-corrected chi connectivity index (χ1v) is 13.0. The summed E-state index contributed by atoms with van der Waals surface area (Å²) < 4.78 is 41.1. The molecule has 0 aliphatic rings. The van der Waals surface area contributed by atoms with Gasteiger partial charge in [-0.3, -0.25) is 4.72 Å². The number of sulfonamides is 1. The SMILES string of the molecule is COc1ccccc1Oc1c(Cl)nc(-c2cc[n+]([O-])cc2)nc1NS(=O)(=O)c1ccc(C(C)(C)C)cc1. The van der Waals surface area contributed by atoms with Crippen LogP contribution in [-0.2, 0) is 15.4 Å². The van der Waals surface area contributed by atoms with Gasteiger partial charge in [0.25, 0.3) is 10.0 Å². The molecule has 4 rings (SSSR count). The first-order chi connectivity index (χ1) is 17.5. The van der Waals surface area contributed by atoms with Crippen LogP contribution in [0, 0.1) is 5.21 Å². The highest BCUT2D eigenvalue weighted by atomic mass is 35.5. The summed E-state index contributed by atoms with van der Waals surface area (Å²) in [6.45, 7) is 6.12. The maximum absolute atomic E-state index is 13.4. The molecule has 0 amide bonds. The molecule has 0 aliphatic heterocycles. The quantitative estimate of drug-likeness (QED) is 0.191. The molecule has 0 fully saturated rings. The maximum atomic E-state index is 13.4. The summed E-state index contributed by atoms with van der Waals surface area (Å²) in [5, 5.41) is 11.3. The zero-order valence-electron chi connectivity index (χ0n) is 20.6. The van der Waals surface area contributed by atoms with E-state index in [0.29, 0.717) is 16.0 Å². The van der Waals surface area contributed by atoms with Gasteiger partial charge in [0.05, 0.1) is 12.0 Å². The first kappa shape index (κ1) is 26.2. The van der Waals surface area contributed by atoms with Crippen molar-refractivity contribution in [3.05, 3.63) is 89.0 Å². The van der Waals surface area contributed by atoms with Crippen molar-refractivity contribution in [2.45, 2.75) is 31.1 Å². The van der Waals surface area contributed by atoms with E-state index in [0.717, 1.165) is 5.56 Å². The van der Waals surface area contributed by atoms with Gasteiger partial charge in [0.1, 0.15) is 0 Å². The molecule has 0 atom stereocenters. The smallest absolute Gasteiger partial charge is 0.263 e. The predicted molar refractivity (Wildman–Crippen MR) is 140 cm³/mol. The minimum Gasteiger partial charge on any atom is -0.619 e. The van der Waals surface area contributed by atoms with Gasteiger partial charge in [-0.05, 0) is 35.2 Å². The number of benzene rings is 2. The molecule has 0 bridgehead atoms. The summed E-state index contributed by atoms with van der Waals surface area (Å²) >= 11 is 6.49. The van der Waals surface area contributed by atoms with Gasteiger partial charge in [-0.2, -0.15) is 4.73 Å². The van der Waals surface area contributed by atoms with Gasteiger partial charge in [0.2, 0.25) is 5.75 Å². The number of para-hydroxylation sites is 2. The van der Waals surface area contributed by atoms with Gasteiger partial charge in [-0.25, -0.2) is 18.4 Å². The number of pyridine rings is 1. The summed E-state index contributed by atoms with van der Waals surface area (Å²) in [4.78, 5) is 8.69. The lowest BCUT2D eigenvalue weighted by molar-refractivity contribution is -0.605. The summed E-state index contributed by atoms with van der Waals surface area (Å²) in [6, 6.07) is 16.4. The molecule has 0 saturated carbocycles. The topological polar surface area (TPSA) is 117 Å². The monoisotopic (exact) mass is 540 g/mol. The number of anilines is 1. The van der Waals surface area contributed by atoms with E-state index in [9.17, 15) is 13.6 Å². The second-order valence-corrected chi connectivity index (χ2v) is 11.1. The van der Waals surface area contributed by atoms with Crippen LogP contribution >= 0.6 is 11.6 Å². The van der Waals surface area contributed by atoms with Crippen molar-refractivity contribution >= 4 is 27.4 Å². The maximum Gasteiger partial charge on any atom is 0.263 e. The standard InChI is InChI=1S/C26H25ClN4O5S/c1-26(2,3)18-9-11-19(12-10-18)37(33,34)30-25-22(36-21-8-6-5-7-20(21)35-4)23(27)28-24(29-25)17-13-15-31(32)16-14-17/h5-16H,1-4H3,(H,28,29,30). The number of methoxy groups -OCH3 is 1. The molecule has 9 nitrogen and oxygen atoms in total. The third-order valence-corrected chi connectivity index (χ3v) is 7.04. The number of ether oxygens (including phenoxy) is 2. The van der Waals surface area contributed by atoms with E-state index in [-0.39, 0.29) is 38.6 Å². The summed E-state index contributed by atoms with van der Waals surface area (Å²) in [7, 11) is -2.61. The van der Waals surface area contributed by atoms with Gasteiger partial charge in [0.15, 0.2) is 40.7 Å².